The number of methoxy groups -OCH3 is 1. The molecule has 2 aromatic carbocycles. The van der Waals surface area contributed by atoms with E-state index in [9.17, 15) is 18.3 Å². The van der Waals surface area contributed by atoms with Crippen molar-refractivity contribution in [3.63, 3.8) is 0 Å². The van der Waals surface area contributed by atoms with Gasteiger partial charge in [0.1, 0.15) is 11.8 Å². The second-order valence-corrected chi connectivity index (χ2v) is 7.17. The minimum atomic E-state index is -3.97. The number of rotatable bonds is 7. The number of nitrogens with one attached hydrogen (secondary N) is 1. The molecular weight excluding hydrogens is 354 g/mol. The zero-order valence-electron chi connectivity index (χ0n) is 12.8. The molecule has 0 aromatic heterocycles. The maximum absolute atomic E-state index is 12.4. The molecule has 6 nitrogen and oxygen atoms in total. The van der Waals surface area contributed by atoms with Gasteiger partial charge in [-0.1, -0.05) is 23.7 Å². The van der Waals surface area contributed by atoms with Crippen molar-refractivity contribution in [2.45, 2.75) is 17.4 Å². The van der Waals surface area contributed by atoms with Crippen LogP contribution in [0.1, 0.15) is 5.56 Å². The van der Waals surface area contributed by atoms with Gasteiger partial charge in [0.05, 0.1) is 12.0 Å². The highest BCUT2D eigenvalue weighted by Crippen LogP contribution is 2.17. The number of benzene rings is 2. The van der Waals surface area contributed by atoms with Crippen LogP contribution in [0.4, 0.5) is 0 Å². The first-order valence-electron chi connectivity index (χ1n) is 6.95. The maximum Gasteiger partial charge on any atom is 0.322 e. The van der Waals surface area contributed by atoms with E-state index in [4.69, 9.17) is 16.3 Å². The largest absolute Gasteiger partial charge is 0.497 e. The van der Waals surface area contributed by atoms with Crippen molar-refractivity contribution in [3.8, 4) is 5.75 Å². The average molecular weight is 370 g/mol. The minimum Gasteiger partial charge on any atom is -0.497 e. The lowest BCUT2D eigenvalue weighted by molar-refractivity contribution is -0.138. The third-order valence-corrected chi connectivity index (χ3v) is 5.06. The highest BCUT2D eigenvalue weighted by molar-refractivity contribution is 7.89. The Hall–Kier alpha value is -2.09. The van der Waals surface area contributed by atoms with Gasteiger partial charge in [-0.25, -0.2) is 8.42 Å². The van der Waals surface area contributed by atoms with Crippen molar-refractivity contribution in [2.24, 2.45) is 0 Å². The van der Waals surface area contributed by atoms with Gasteiger partial charge in [-0.2, -0.15) is 4.72 Å². The van der Waals surface area contributed by atoms with E-state index in [1.165, 1.54) is 31.4 Å². The molecule has 0 saturated carbocycles. The van der Waals surface area contributed by atoms with E-state index in [1.807, 2.05) is 0 Å². The van der Waals surface area contributed by atoms with Crippen molar-refractivity contribution in [3.05, 3.63) is 59.1 Å². The molecule has 0 unspecified atom stereocenters. The van der Waals surface area contributed by atoms with Gasteiger partial charge in [-0.05, 0) is 48.4 Å². The Kier molecular flexibility index (Phi) is 5.82. The first-order valence-corrected chi connectivity index (χ1v) is 8.81. The number of sulfonamides is 1. The zero-order chi connectivity index (χ0) is 17.7. The van der Waals surface area contributed by atoms with Gasteiger partial charge in [0.15, 0.2) is 0 Å². The molecule has 2 rings (SSSR count). The lowest BCUT2D eigenvalue weighted by atomic mass is 10.1. The molecule has 0 aliphatic carbocycles. The Balaban J connectivity index is 2.19. The number of aliphatic carboxylic acids is 1. The van der Waals surface area contributed by atoms with Gasteiger partial charge in [0.2, 0.25) is 10.0 Å². The summed E-state index contributed by atoms with van der Waals surface area (Å²) in [5.41, 5.74) is 0.657. The average Bonchev–Trinajstić information content (AvgIpc) is 2.56. The molecule has 1 atom stereocenters. The molecular formula is C16H16ClNO5S. The Bertz CT molecular complexity index is 803. The normalized spacial score (nSPS) is 12.6. The smallest absolute Gasteiger partial charge is 0.322 e. The monoisotopic (exact) mass is 369 g/mol. The summed E-state index contributed by atoms with van der Waals surface area (Å²) >= 11 is 5.78. The van der Waals surface area contributed by atoms with E-state index in [0.717, 1.165) is 0 Å². The molecule has 0 radical (unpaired) electrons. The lowest BCUT2D eigenvalue weighted by Gasteiger charge is -2.15. The van der Waals surface area contributed by atoms with Crippen LogP contribution >= 0.6 is 11.6 Å². The number of carbonyl (C=O) groups is 1. The second-order valence-electron chi connectivity index (χ2n) is 5.02. The molecule has 0 heterocycles. The Morgan fingerprint density at radius 2 is 1.75 bits per heavy atom. The molecule has 128 valence electrons. The first kappa shape index (κ1) is 18.3. The van der Waals surface area contributed by atoms with Crippen molar-refractivity contribution in [1.82, 2.24) is 4.72 Å². The fourth-order valence-electron chi connectivity index (χ4n) is 2.05. The van der Waals surface area contributed by atoms with Crippen LogP contribution in [0.25, 0.3) is 0 Å². The van der Waals surface area contributed by atoms with Crippen LogP contribution in [0.2, 0.25) is 5.02 Å². The van der Waals surface area contributed by atoms with Crippen molar-refractivity contribution >= 4 is 27.6 Å². The number of hydrogen-bond acceptors (Lipinski definition) is 4. The van der Waals surface area contributed by atoms with Crippen LogP contribution in [0.3, 0.4) is 0 Å². The maximum atomic E-state index is 12.4. The molecule has 2 N–H and O–H groups in total. The molecule has 0 amide bonds. The quantitative estimate of drug-likeness (QED) is 0.781. The van der Waals surface area contributed by atoms with Gasteiger partial charge in [-0.3, -0.25) is 4.79 Å². The molecule has 0 saturated heterocycles. The Morgan fingerprint density at radius 3 is 2.25 bits per heavy atom. The summed E-state index contributed by atoms with van der Waals surface area (Å²) in [6.45, 7) is 0. The third kappa shape index (κ3) is 4.70. The van der Waals surface area contributed by atoms with Crippen LogP contribution in [0.5, 0.6) is 5.75 Å². The van der Waals surface area contributed by atoms with Gasteiger partial charge in [0, 0.05) is 5.02 Å². The number of hydrogen-bond donors (Lipinski definition) is 2. The summed E-state index contributed by atoms with van der Waals surface area (Å²) in [5, 5.41) is 9.83. The van der Waals surface area contributed by atoms with Gasteiger partial charge in [0.25, 0.3) is 0 Å². The SMILES string of the molecule is COc1ccc(S(=O)(=O)N[C@H](Cc2ccc(Cl)cc2)C(=O)O)cc1. The summed E-state index contributed by atoms with van der Waals surface area (Å²) in [6.07, 6.45) is 0.00187. The highest BCUT2D eigenvalue weighted by Gasteiger charge is 2.25. The molecule has 2 aromatic rings. The fourth-order valence-corrected chi connectivity index (χ4v) is 3.36. The second kappa shape index (κ2) is 7.65. The van der Waals surface area contributed by atoms with E-state index < -0.39 is 22.0 Å². The lowest BCUT2D eigenvalue weighted by Crippen LogP contribution is -2.42. The van der Waals surface area contributed by atoms with Gasteiger partial charge >= 0.3 is 5.97 Å². The van der Waals surface area contributed by atoms with Crippen LogP contribution in [-0.4, -0.2) is 32.6 Å². The predicted molar refractivity (Wildman–Crippen MR) is 89.9 cm³/mol. The first-order chi connectivity index (χ1) is 11.3. The molecule has 0 aliphatic rings. The minimum absolute atomic E-state index is 0.00187. The summed E-state index contributed by atoms with van der Waals surface area (Å²) in [7, 11) is -2.50. The van der Waals surface area contributed by atoms with Crippen molar-refractivity contribution in [2.75, 3.05) is 7.11 Å². The molecule has 0 spiro atoms. The van der Waals surface area contributed by atoms with Crippen LogP contribution in [0, 0.1) is 0 Å². The van der Waals surface area contributed by atoms with Crippen molar-refractivity contribution < 1.29 is 23.1 Å². The number of carboxylic acids is 1. The number of ether oxygens (including phenoxy) is 1. The summed E-state index contributed by atoms with van der Waals surface area (Å²) in [5.74, 6) is -0.757. The van der Waals surface area contributed by atoms with Crippen LogP contribution in [-0.2, 0) is 21.2 Å². The Labute approximate surface area is 145 Å². The Morgan fingerprint density at radius 1 is 1.17 bits per heavy atom. The summed E-state index contributed by atoms with van der Waals surface area (Å²) in [4.78, 5) is 11.4. The highest BCUT2D eigenvalue weighted by atomic mass is 35.5. The summed E-state index contributed by atoms with van der Waals surface area (Å²) < 4.78 is 31.9. The van der Waals surface area contributed by atoms with Crippen molar-refractivity contribution in [1.29, 1.82) is 0 Å². The third-order valence-electron chi connectivity index (χ3n) is 3.32. The van der Waals surface area contributed by atoms with Gasteiger partial charge < -0.3 is 9.84 Å². The van der Waals surface area contributed by atoms with E-state index >= 15 is 0 Å². The summed E-state index contributed by atoms with van der Waals surface area (Å²) in [6, 6.07) is 10.9. The van der Waals surface area contributed by atoms with E-state index in [1.54, 1.807) is 24.3 Å². The topological polar surface area (TPSA) is 92.7 Å². The zero-order valence-corrected chi connectivity index (χ0v) is 14.3. The number of carboxylic acid groups (broad SMARTS) is 1. The molecule has 0 bridgehead atoms. The van der Waals surface area contributed by atoms with E-state index in [0.29, 0.717) is 16.3 Å². The molecule has 8 heteroatoms. The number of halogens is 1. The van der Waals surface area contributed by atoms with E-state index in [-0.39, 0.29) is 11.3 Å². The predicted octanol–water partition coefficient (Wildman–Crippen LogP) is 2.32. The van der Waals surface area contributed by atoms with E-state index in [2.05, 4.69) is 4.72 Å². The molecule has 0 aliphatic heterocycles. The standard InChI is InChI=1S/C16H16ClNO5S/c1-23-13-6-8-14(9-7-13)24(21,22)18-15(16(19)20)10-11-2-4-12(17)5-3-11/h2-9,15,18H,10H2,1H3,(H,19,20)/t15-/m1/s1. The molecule has 0 fully saturated rings. The van der Waals surface area contributed by atoms with Crippen LogP contribution in [0.15, 0.2) is 53.4 Å². The molecule has 24 heavy (non-hydrogen) atoms. The fraction of sp³-hybridized carbons (Fsp3) is 0.188. The van der Waals surface area contributed by atoms with Gasteiger partial charge in [-0.15, -0.1) is 0 Å². The van der Waals surface area contributed by atoms with Crippen LogP contribution < -0.4 is 9.46 Å².